The summed E-state index contributed by atoms with van der Waals surface area (Å²) in [5, 5.41) is 2.28. The molecule has 2 amide bonds. The molecule has 2 aromatic heterocycles. The number of H-pyrrole nitrogens is 1. The first-order valence-corrected chi connectivity index (χ1v) is 8.77. The van der Waals surface area contributed by atoms with Crippen LogP contribution in [0.1, 0.15) is 19.3 Å². The highest BCUT2D eigenvalue weighted by atomic mass is 35.5. The number of amides is 2. The highest BCUT2D eigenvalue weighted by Crippen LogP contribution is 2.40. The molecule has 0 unspecified atom stereocenters. The maximum Gasteiger partial charge on any atom is 0.272 e. The third-order valence-corrected chi connectivity index (χ3v) is 5.44. The maximum atomic E-state index is 13.4. The molecule has 0 bridgehead atoms. The molecular weight excluding hydrogens is 377 g/mol. The van der Waals surface area contributed by atoms with Gasteiger partial charge in [-0.1, -0.05) is 11.6 Å². The van der Waals surface area contributed by atoms with Gasteiger partial charge in [0.1, 0.15) is 10.8 Å². The van der Waals surface area contributed by atoms with Crippen LogP contribution in [0.15, 0.2) is 23.1 Å². The molecule has 2 saturated heterocycles. The molecule has 0 aliphatic carbocycles. The van der Waals surface area contributed by atoms with Crippen molar-refractivity contribution in [3.05, 3.63) is 39.7 Å². The van der Waals surface area contributed by atoms with Crippen molar-refractivity contribution in [2.45, 2.75) is 19.3 Å². The minimum absolute atomic E-state index is 0.0730. The van der Waals surface area contributed by atoms with Crippen molar-refractivity contribution >= 4 is 29.2 Å². The fraction of sp³-hybridized carbons (Fsp3) is 0.353. The van der Waals surface area contributed by atoms with Crippen LogP contribution >= 0.6 is 11.6 Å². The van der Waals surface area contributed by atoms with Crippen molar-refractivity contribution in [1.82, 2.24) is 20.3 Å². The van der Waals surface area contributed by atoms with E-state index in [4.69, 9.17) is 11.6 Å². The predicted molar refractivity (Wildman–Crippen MR) is 94.7 cm³/mol. The summed E-state index contributed by atoms with van der Waals surface area (Å²) in [6.45, 7) is 0.835. The van der Waals surface area contributed by atoms with Gasteiger partial charge < -0.3 is 9.88 Å². The molecular formula is C17H15ClFN5O3. The standard InChI is InChI=1S/C17H15ClFN5O3/c18-12-14(22-13(23-15(12)26)9-1-4-20-10(19)7-9)24-5-2-17(3-6-24)8-11(25)21-16(17)27/h1,4,7H,2-3,5-6,8H2,(H,21,25,27)(H,22,23,26). The SMILES string of the molecule is O=C1CC2(CCN(c3nc(-c4ccnc(F)c4)[nH]c(=O)c3Cl)CC2)C(=O)N1. The quantitative estimate of drug-likeness (QED) is 0.589. The first-order valence-electron chi connectivity index (χ1n) is 8.39. The van der Waals surface area contributed by atoms with Crippen LogP contribution in [0.25, 0.3) is 11.4 Å². The van der Waals surface area contributed by atoms with Crippen LogP contribution in [0.2, 0.25) is 5.02 Å². The second-order valence-electron chi connectivity index (χ2n) is 6.74. The van der Waals surface area contributed by atoms with Gasteiger partial charge in [-0.15, -0.1) is 0 Å². The zero-order valence-electron chi connectivity index (χ0n) is 14.1. The molecule has 2 N–H and O–H groups in total. The minimum Gasteiger partial charge on any atom is -0.355 e. The number of imide groups is 1. The Bertz CT molecular complexity index is 1000. The van der Waals surface area contributed by atoms with Gasteiger partial charge in [-0.25, -0.2) is 9.97 Å². The zero-order valence-corrected chi connectivity index (χ0v) is 14.8. The Kier molecular flexibility index (Phi) is 4.18. The molecule has 0 aromatic carbocycles. The molecule has 2 aromatic rings. The number of aromatic nitrogens is 3. The molecule has 0 atom stereocenters. The van der Waals surface area contributed by atoms with Gasteiger partial charge in [-0.2, -0.15) is 4.39 Å². The van der Waals surface area contributed by atoms with Gasteiger partial charge in [-0.05, 0) is 18.9 Å². The van der Waals surface area contributed by atoms with Crippen molar-refractivity contribution < 1.29 is 14.0 Å². The van der Waals surface area contributed by atoms with Crippen molar-refractivity contribution in [3.63, 3.8) is 0 Å². The molecule has 4 rings (SSSR count). The smallest absolute Gasteiger partial charge is 0.272 e. The van der Waals surface area contributed by atoms with E-state index in [1.54, 1.807) is 4.90 Å². The molecule has 4 heterocycles. The van der Waals surface area contributed by atoms with Gasteiger partial charge >= 0.3 is 0 Å². The number of hydrogen-bond acceptors (Lipinski definition) is 6. The Balaban J connectivity index is 1.64. The zero-order chi connectivity index (χ0) is 19.2. The largest absolute Gasteiger partial charge is 0.355 e. The molecule has 0 saturated carbocycles. The van der Waals surface area contributed by atoms with Crippen molar-refractivity contribution in [2.24, 2.45) is 5.41 Å². The highest BCUT2D eigenvalue weighted by molar-refractivity contribution is 6.32. The van der Waals surface area contributed by atoms with Crippen molar-refractivity contribution in [3.8, 4) is 11.4 Å². The fourth-order valence-electron chi connectivity index (χ4n) is 3.58. The van der Waals surface area contributed by atoms with Crippen LogP contribution in [0.5, 0.6) is 0 Å². The summed E-state index contributed by atoms with van der Waals surface area (Å²) in [5.41, 5.74) is -0.868. The molecule has 2 aliphatic heterocycles. The van der Waals surface area contributed by atoms with Gasteiger partial charge in [0.2, 0.25) is 17.8 Å². The Hall–Kier alpha value is -2.81. The minimum atomic E-state index is -0.696. The van der Waals surface area contributed by atoms with E-state index in [1.165, 1.54) is 12.3 Å². The van der Waals surface area contributed by atoms with E-state index in [0.717, 1.165) is 6.07 Å². The number of piperidine rings is 1. The first-order chi connectivity index (χ1) is 12.9. The highest BCUT2D eigenvalue weighted by Gasteiger charge is 2.48. The van der Waals surface area contributed by atoms with E-state index in [0.29, 0.717) is 31.5 Å². The summed E-state index contributed by atoms with van der Waals surface area (Å²) >= 11 is 6.15. The normalized spacial score (nSPS) is 18.8. The van der Waals surface area contributed by atoms with Crippen LogP contribution in [0, 0.1) is 11.4 Å². The molecule has 2 fully saturated rings. The number of hydrogen-bond donors (Lipinski definition) is 2. The maximum absolute atomic E-state index is 13.4. The van der Waals surface area contributed by atoms with E-state index in [9.17, 15) is 18.8 Å². The fourth-order valence-corrected chi connectivity index (χ4v) is 3.79. The van der Waals surface area contributed by atoms with Crippen LogP contribution in [0.4, 0.5) is 10.2 Å². The summed E-state index contributed by atoms with van der Waals surface area (Å²) in [6, 6.07) is 2.69. The third-order valence-electron chi connectivity index (χ3n) is 5.10. The topological polar surface area (TPSA) is 108 Å². The lowest BCUT2D eigenvalue weighted by Gasteiger charge is -2.37. The second kappa shape index (κ2) is 6.41. The lowest BCUT2D eigenvalue weighted by Crippen LogP contribution is -2.44. The molecule has 140 valence electrons. The van der Waals surface area contributed by atoms with E-state index in [1.807, 2.05) is 0 Å². The Morgan fingerprint density at radius 1 is 1.22 bits per heavy atom. The number of rotatable bonds is 2. The Morgan fingerprint density at radius 3 is 2.59 bits per heavy atom. The van der Waals surface area contributed by atoms with Gasteiger partial charge in [0.15, 0.2) is 5.82 Å². The average Bonchev–Trinajstić information content (AvgIpc) is 2.91. The number of pyridine rings is 1. The molecule has 27 heavy (non-hydrogen) atoms. The molecule has 10 heteroatoms. The number of nitrogens with one attached hydrogen (secondary N) is 2. The van der Waals surface area contributed by atoms with E-state index in [-0.39, 0.29) is 34.9 Å². The summed E-state index contributed by atoms with van der Waals surface area (Å²) in [6.07, 6.45) is 2.36. The van der Waals surface area contributed by atoms with Crippen LogP contribution in [-0.4, -0.2) is 39.9 Å². The number of nitrogens with zero attached hydrogens (tertiary/aromatic N) is 3. The summed E-state index contributed by atoms with van der Waals surface area (Å²) in [4.78, 5) is 48.1. The van der Waals surface area contributed by atoms with Crippen LogP contribution in [0.3, 0.4) is 0 Å². The molecule has 2 aliphatic rings. The van der Waals surface area contributed by atoms with Crippen LogP contribution < -0.4 is 15.8 Å². The van der Waals surface area contributed by atoms with E-state index >= 15 is 0 Å². The summed E-state index contributed by atoms with van der Waals surface area (Å²) in [7, 11) is 0. The Morgan fingerprint density at radius 2 is 1.96 bits per heavy atom. The number of carbonyl (C=O) groups excluding carboxylic acids is 2. The van der Waals surface area contributed by atoms with Gasteiger partial charge in [0.05, 0.1) is 5.41 Å². The van der Waals surface area contributed by atoms with E-state index in [2.05, 4.69) is 20.3 Å². The number of halogens is 2. The van der Waals surface area contributed by atoms with Gasteiger partial charge in [-0.3, -0.25) is 19.7 Å². The lowest BCUT2D eigenvalue weighted by molar-refractivity contribution is -0.129. The van der Waals surface area contributed by atoms with Crippen LogP contribution in [-0.2, 0) is 9.59 Å². The first kappa shape index (κ1) is 17.6. The molecule has 1 spiro atoms. The predicted octanol–water partition coefficient (Wildman–Crippen LogP) is 1.26. The van der Waals surface area contributed by atoms with E-state index < -0.39 is 16.9 Å². The third kappa shape index (κ3) is 3.08. The van der Waals surface area contributed by atoms with Gasteiger partial charge in [0, 0.05) is 37.3 Å². The number of anilines is 1. The number of carbonyl (C=O) groups is 2. The molecule has 8 nitrogen and oxygen atoms in total. The summed E-state index contributed by atoms with van der Waals surface area (Å²) in [5.74, 6) is -0.752. The molecule has 0 radical (unpaired) electrons. The second-order valence-corrected chi connectivity index (χ2v) is 7.12. The Labute approximate surface area is 157 Å². The van der Waals surface area contributed by atoms with Crippen molar-refractivity contribution in [2.75, 3.05) is 18.0 Å². The summed E-state index contributed by atoms with van der Waals surface area (Å²) < 4.78 is 13.4. The average molecular weight is 392 g/mol. The van der Waals surface area contributed by atoms with Gasteiger partial charge in [0.25, 0.3) is 5.56 Å². The lowest BCUT2D eigenvalue weighted by atomic mass is 9.77. The van der Waals surface area contributed by atoms with Crippen molar-refractivity contribution in [1.29, 1.82) is 0 Å². The monoisotopic (exact) mass is 391 g/mol. The number of aromatic amines is 1.